The van der Waals surface area contributed by atoms with Gasteiger partial charge in [0.2, 0.25) is 0 Å². The van der Waals surface area contributed by atoms with Crippen LogP contribution in [0.2, 0.25) is 0 Å². The highest BCUT2D eigenvalue weighted by molar-refractivity contribution is 9.11. The predicted molar refractivity (Wildman–Crippen MR) is 163 cm³/mol. The molecular weight excluding hydrogens is 644 g/mol. The third-order valence-corrected chi connectivity index (χ3v) is 8.70. The molecule has 0 saturated heterocycles. The van der Waals surface area contributed by atoms with Crippen LogP contribution in [0.1, 0.15) is 58.6 Å². The molecule has 1 unspecified atom stereocenters. The molecule has 0 fully saturated rings. The van der Waals surface area contributed by atoms with Gasteiger partial charge in [-0.2, -0.15) is 0 Å². The Morgan fingerprint density at radius 2 is 1.72 bits per heavy atom. The molecule has 0 radical (unpaired) electrons. The first-order valence-electron chi connectivity index (χ1n) is 12.5. The smallest absolute Gasteiger partial charge is 0.307 e. The number of ether oxygens (including phenoxy) is 2. The molecule has 5 nitrogen and oxygen atoms in total. The number of aliphatic carboxylic acids is 1. The third-order valence-electron chi connectivity index (χ3n) is 6.21. The number of carbonyl (C=O) groups is 1. The van der Waals surface area contributed by atoms with Crippen LogP contribution in [0.15, 0.2) is 80.3 Å². The Bertz CT molecular complexity index is 1430. The molecule has 0 spiro atoms. The van der Waals surface area contributed by atoms with Crippen molar-refractivity contribution in [1.29, 1.82) is 0 Å². The van der Waals surface area contributed by atoms with Gasteiger partial charge in [-0.05, 0) is 92.2 Å². The quantitative estimate of drug-likeness (QED) is 0.171. The Morgan fingerprint density at radius 1 is 1.00 bits per heavy atom. The largest absolute Gasteiger partial charge is 0.496 e. The molecule has 0 aliphatic heterocycles. The average Bonchev–Trinajstić information content (AvgIpc) is 3.40. The molecular formula is C31H30Br2O5S. The van der Waals surface area contributed by atoms with Crippen LogP contribution in [-0.4, -0.2) is 18.2 Å². The van der Waals surface area contributed by atoms with Crippen LogP contribution in [0.25, 0.3) is 0 Å². The molecule has 8 heteroatoms. The zero-order chi connectivity index (χ0) is 28.1. The number of methoxy groups -OCH3 is 1. The number of rotatable bonds is 11. The Hall–Kier alpha value is -2.68. The number of hydrogen-bond acceptors (Lipinski definition) is 5. The molecule has 1 atom stereocenters. The van der Waals surface area contributed by atoms with Gasteiger partial charge in [0.05, 0.1) is 39.7 Å². The normalized spacial score (nSPS) is 12.0. The number of benzene rings is 3. The lowest BCUT2D eigenvalue weighted by atomic mass is 9.95. The van der Waals surface area contributed by atoms with Crippen molar-refractivity contribution in [3.63, 3.8) is 0 Å². The van der Waals surface area contributed by atoms with Crippen molar-refractivity contribution >= 4 is 49.6 Å². The van der Waals surface area contributed by atoms with Gasteiger partial charge in [0.1, 0.15) is 17.3 Å². The highest BCUT2D eigenvalue weighted by Gasteiger charge is 2.25. The monoisotopic (exact) mass is 672 g/mol. The van der Waals surface area contributed by atoms with Gasteiger partial charge in [0.15, 0.2) is 5.75 Å². The number of hydrogen-bond donors (Lipinski definition) is 1. The van der Waals surface area contributed by atoms with E-state index in [-0.39, 0.29) is 17.6 Å². The Balaban J connectivity index is 1.86. The molecule has 1 N–H and O–H groups in total. The molecule has 204 valence electrons. The van der Waals surface area contributed by atoms with E-state index in [1.54, 1.807) is 37.3 Å². The summed E-state index contributed by atoms with van der Waals surface area (Å²) in [5.41, 5.74) is 4.98. The van der Waals surface area contributed by atoms with Gasteiger partial charge < -0.3 is 19.0 Å². The summed E-state index contributed by atoms with van der Waals surface area (Å²) in [5, 5.41) is 9.17. The third kappa shape index (κ3) is 7.29. The maximum atomic E-state index is 11.3. The van der Waals surface area contributed by atoms with Crippen LogP contribution in [0.4, 0.5) is 0 Å². The van der Waals surface area contributed by atoms with Crippen molar-refractivity contribution in [2.45, 2.75) is 44.1 Å². The minimum absolute atomic E-state index is 0.0797. The van der Waals surface area contributed by atoms with E-state index in [2.05, 4.69) is 89.0 Å². The van der Waals surface area contributed by atoms with E-state index < -0.39 is 5.97 Å². The molecule has 0 amide bonds. The molecule has 4 aromatic rings. The van der Waals surface area contributed by atoms with Gasteiger partial charge in [0.25, 0.3) is 0 Å². The van der Waals surface area contributed by atoms with Crippen LogP contribution in [0.3, 0.4) is 0 Å². The lowest BCUT2D eigenvalue weighted by molar-refractivity contribution is -0.136. The van der Waals surface area contributed by atoms with Crippen LogP contribution in [-0.2, 0) is 17.0 Å². The predicted octanol–water partition coefficient (Wildman–Crippen LogP) is 9.69. The van der Waals surface area contributed by atoms with Crippen LogP contribution < -0.4 is 9.47 Å². The number of thioether (sulfide) groups is 1. The summed E-state index contributed by atoms with van der Waals surface area (Å²) in [6.07, 6.45) is 1.61. The number of carboxylic acids is 1. The average molecular weight is 674 g/mol. The van der Waals surface area contributed by atoms with Crippen molar-refractivity contribution in [2.24, 2.45) is 0 Å². The highest BCUT2D eigenvalue weighted by atomic mass is 79.9. The lowest BCUT2D eigenvalue weighted by Crippen LogP contribution is -2.05. The second-order valence-corrected chi connectivity index (χ2v) is 12.3. The molecule has 4 rings (SSSR count). The minimum Gasteiger partial charge on any atom is -0.496 e. The topological polar surface area (TPSA) is 68.9 Å². The molecule has 0 saturated carbocycles. The minimum atomic E-state index is -0.893. The van der Waals surface area contributed by atoms with E-state index >= 15 is 0 Å². The maximum Gasteiger partial charge on any atom is 0.307 e. The molecule has 39 heavy (non-hydrogen) atoms. The number of furan rings is 1. The Kier molecular flexibility index (Phi) is 9.86. The van der Waals surface area contributed by atoms with E-state index in [9.17, 15) is 9.90 Å². The summed E-state index contributed by atoms with van der Waals surface area (Å²) in [4.78, 5) is 11.3. The van der Waals surface area contributed by atoms with Gasteiger partial charge in [-0.1, -0.05) is 43.7 Å². The van der Waals surface area contributed by atoms with E-state index in [1.807, 2.05) is 12.1 Å². The fourth-order valence-corrected chi connectivity index (χ4v) is 7.01. The van der Waals surface area contributed by atoms with Crippen molar-refractivity contribution in [3.05, 3.63) is 109 Å². The number of aryl methyl sites for hydroxylation is 1. The highest BCUT2D eigenvalue weighted by Crippen LogP contribution is 2.48. The molecule has 0 aliphatic carbocycles. The van der Waals surface area contributed by atoms with Crippen molar-refractivity contribution in [3.8, 4) is 17.2 Å². The van der Waals surface area contributed by atoms with Gasteiger partial charge in [-0.3, -0.25) is 4.79 Å². The van der Waals surface area contributed by atoms with E-state index in [4.69, 9.17) is 13.9 Å². The summed E-state index contributed by atoms with van der Waals surface area (Å²) in [6.45, 7) is 6.33. The van der Waals surface area contributed by atoms with Crippen molar-refractivity contribution < 1.29 is 23.8 Å². The summed E-state index contributed by atoms with van der Waals surface area (Å²) < 4.78 is 19.5. The van der Waals surface area contributed by atoms with Crippen LogP contribution in [0.5, 0.6) is 17.2 Å². The fraction of sp³-hybridized carbons (Fsp3) is 0.258. The maximum absolute atomic E-state index is 11.3. The summed E-state index contributed by atoms with van der Waals surface area (Å²) in [5.74, 6) is 2.96. The Morgan fingerprint density at radius 3 is 2.31 bits per heavy atom. The number of carboxylic acid groups (broad SMARTS) is 1. The van der Waals surface area contributed by atoms with E-state index in [0.717, 1.165) is 28.2 Å². The van der Waals surface area contributed by atoms with E-state index in [0.29, 0.717) is 31.8 Å². The second kappa shape index (κ2) is 13.1. The van der Waals surface area contributed by atoms with Crippen LogP contribution in [0, 0.1) is 6.92 Å². The first-order valence-corrected chi connectivity index (χ1v) is 15.1. The zero-order valence-corrected chi connectivity index (χ0v) is 26.2. The van der Waals surface area contributed by atoms with Crippen molar-refractivity contribution in [2.75, 3.05) is 7.11 Å². The van der Waals surface area contributed by atoms with Crippen LogP contribution >= 0.6 is 43.6 Å². The van der Waals surface area contributed by atoms with Gasteiger partial charge >= 0.3 is 5.97 Å². The number of halogens is 2. The molecule has 1 aromatic heterocycles. The Labute approximate surface area is 250 Å². The first kappa shape index (κ1) is 29.3. The van der Waals surface area contributed by atoms with Crippen molar-refractivity contribution in [1.82, 2.24) is 0 Å². The van der Waals surface area contributed by atoms with Gasteiger partial charge in [-0.25, -0.2) is 0 Å². The molecule has 0 aliphatic rings. The van der Waals surface area contributed by atoms with Gasteiger partial charge in [-0.15, -0.1) is 11.8 Å². The summed E-state index contributed by atoms with van der Waals surface area (Å²) in [6, 6.07) is 20.1. The fourth-order valence-electron chi connectivity index (χ4n) is 4.37. The lowest BCUT2D eigenvalue weighted by Gasteiger charge is -2.24. The van der Waals surface area contributed by atoms with Gasteiger partial charge in [0, 0.05) is 11.1 Å². The standard InChI is InChI=1S/C31H30Br2O5S/c1-18(2)23-15-28(38-30-25(32)12-20(13-26(30)33)14-29(34)35)24(16-27(23)36-4)31(21-8-5-7-19(3)11-21)39-17-22-9-6-10-37-22/h5-13,15-16,18,31H,14,17H2,1-4H3,(H,34,35). The first-order chi connectivity index (χ1) is 18.7. The molecule has 3 aromatic carbocycles. The molecule has 1 heterocycles. The summed E-state index contributed by atoms with van der Waals surface area (Å²) >= 11 is 8.96. The summed E-state index contributed by atoms with van der Waals surface area (Å²) in [7, 11) is 1.69. The SMILES string of the molecule is COc1cc(C(SCc2ccco2)c2cccc(C)c2)c(Oc2c(Br)cc(CC(=O)O)cc2Br)cc1C(C)C. The molecule has 0 bridgehead atoms. The zero-order valence-electron chi connectivity index (χ0n) is 22.2. The second-order valence-electron chi connectivity index (χ2n) is 9.53. The van der Waals surface area contributed by atoms with E-state index in [1.165, 1.54) is 5.56 Å².